The summed E-state index contributed by atoms with van der Waals surface area (Å²) in [6, 6.07) is 9.95. The maximum absolute atomic E-state index is 10.5. The first-order chi connectivity index (χ1) is 8.31. The van der Waals surface area contributed by atoms with Gasteiger partial charge in [0.15, 0.2) is 0 Å². The Labute approximate surface area is 103 Å². The quantitative estimate of drug-likeness (QED) is 0.674. The van der Waals surface area contributed by atoms with Crippen LogP contribution in [0.2, 0.25) is 0 Å². The molecule has 2 aliphatic carbocycles. The van der Waals surface area contributed by atoms with Gasteiger partial charge in [0.1, 0.15) is 5.60 Å². The van der Waals surface area contributed by atoms with Crippen LogP contribution in [0.5, 0.6) is 0 Å². The van der Waals surface area contributed by atoms with E-state index in [1.807, 2.05) is 30.3 Å². The van der Waals surface area contributed by atoms with Gasteiger partial charge in [-0.05, 0) is 25.0 Å². The summed E-state index contributed by atoms with van der Waals surface area (Å²) in [4.78, 5) is 0. The summed E-state index contributed by atoms with van der Waals surface area (Å²) in [5.41, 5.74) is 0.332. The predicted molar refractivity (Wildman–Crippen MR) is 68.3 cm³/mol. The van der Waals surface area contributed by atoms with E-state index in [0.29, 0.717) is 11.8 Å². The van der Waals surface area contributed by atoms with E-state index >= 15 is 0 Å². The third kappa shape index (κ3) is 1.98. The van der Waals surface area contributed by atoms with Crippen molar-refractivity contribution in [3.8, 4) is 11.8 Å². The number of fused-ring (bicyclic) bond motifs is 1. The van der Waals surface area contributed by atoms with Crippen molar-refractivity contribution in [2.75, 3.05) is 0 Å². The van der Waals surface area contributed by atoms with Crippen LogP contribution in [-0.2, 0) is 0 Å². The first-order valence-corrected chi connectivity index (χ1v) is 6.61. The van der Waals surface area contributed by atoms with Gasteiger partial charge in [0, 0.05) is 17.4 Å². The average molecular weight is 226 g/mol. The third-order valence-electron chi connectivity index (χ3n) is 4.22. The van der Waals surface area contributed by atoms with Crippen LogP contribution >= 0.6 is 0 Å². The molecule has 2 fully saturated rings. The van der Waals surface area contributed by atoms with Gasteiger partial charge < -0.3 is 5.11 Å². The number of aliphatic hydroxyl groups is 1. The molecule has 1 N–H and O–H groups in total. The Morgan fingerprint density at radius 1 is 1.00 bits per heavy atom. The lowest BCUT2D eigenvalue weighted by Gasteiger charge is -2.04. The van der Waals surface area contributed by atoms with Crippen molar-refractivity contribution in [1.29, 1.82) is 0 Å². The fraction of sp³-hybridized carbons (Fsp3) is 0.500. The molecule has 0 saturated heterocycles. The number of hydrogen-bond acceptors (Lipinski definition) is 1. The first kappa shape index (κ1) is 10.9. The molecule has 1 aromatic rings. The summed E-state index contributed by atoms with van der Waals surface area (Å²) in [5, 5.41) is 10.5. The van der Waals surface area contributed by atoms with E-state index in [9.17, 15) is 5.11 Å². The van der Waals surface area contributed by atoms with E-state index in [0.717, 1.165) is 18.4 Å². The Bertz CT molecular complexity index is 439. The van der Waals surface area contributed by atoms with Gasteiger partial charge in [0.05, 0.1) is 0 Å². The Morgan fingerprint density at radius 3 is 2.29 bits per heavy atom. The van der Waals surface area contributed by atoms with Crippen LogP contribution in [0.1, 0.15) is 37.7 Å². The molecule has 0 spiro atoms. The second kappa shape index (κ2) is 4.20. The summed E-state index contributed by atoms with van der Waals surface area (Å²) >= 11 is 0. The Hall–Kier alpha value is -1.26. The number of rotatable bonds is 0. The van der Waals surface area contributed by atoms with Crippen LogP contribution in [0.25, 0.3) is 0 Å². The van der Waals surface area contributed by atoms with Crippen LogP contribution in [-0.4, -0.2) is 10.7 Å². The zero-order valence-corrected chi connectivity index (χ0v) is 10.0. The average Bonchev–Trinajstić information content (AvgIpc) is 3.01. The van der Waals surface area contributed by atoms with E-state index in [1.54, 1.807) is 0 Å². The lowest BCUT2D eigenvalue weighted by atomic mass is 10.1. The molecule has 2 saturated carbocycles. The molecule has 1 aromatic carbocycles. The summed E-state index contributed by atoms with van der Waals surface area (Å²) in [6.45, 7) is 0. The standard InChI is InChI=1S/C16H18O/c17-16(12-11-13-7-3-1-4-8-13)14-9-5-2-6-10-15(14)16/h1,3-4,7-8,14-15,17H,2,5-6,9-10H2/t14-,15+,16?. The predicted octanol–water partition coefficient (Wildman–Crippen LogP) is 2.98. The highest BCUT2D eigenvalue weighted by molar-refractivity contribution is 5.40. The molecule has 0 amide bonds. The Morgan fingerprint density at radius 2 is 1.65 bits per heavy atom. The van der Waals surface area contributed by atoms with Crippen molar-refractivity contribution in [1.82, 2.24) is 0 Å². The molecule has 0 heterocycles. The summed E-state index contributed by atoms with van der Waals surface area (Å²) in [6.07, 6.45) is 6.16. The van der Waals surface area contributed by atoms with Crippen molar-refractivity contribution < 1.29 is 5.11 Å². The smallest absolute Gasteiger partial charge is 0.132 e. The van der Waals surface area contributed by atoms with Crippen molar-refractivity contribution >= 4 is 0 Å². The van der Waals surface area contributed by atoms with Crippen LogP contribution in [0.3, 0.4) is 0 Å². The minimum atomic E-state index is -0.670. The summed E-state index contributed by atoms with van der Waals surface area (Å²) in [7, 11) is 0. The number of hydrogen-bond donors (Lipinski definition) is 1. The van der Waals surface area contributed by atoms with Crippen molar-refractivity contribution in [2.24, 2.45) is 11.8 Å². The SMILES string of the molecule is OC1(C#Cc2ccccc2)[C@@H]2CCCCC[C@@H]21. The van der Waals surface area contributed by atoms with E-state index in [1.165, 1.54) is 19.3 Å². The monoisotopic (exact) mass is 226 g/mol. The highest BCUT2D eigenvalue weighted by atomic mass is 16.3. The van der Waals surface area contributed by atoms with Gasteiger partial charge in [-0.3, -0.25) is 0 Å². The second-order valence-electron chi connectivity index (χ2n) is 5.29. The maximum atomic E-state index is 10.5. The molecule has 1 unspecified atom stereocenters. The minimum Gasteiger partial charge on any atom is -0.377 e. The molecule has 88 valence electrons. The highest BCUT2D eigenvalue weighted by Crippen LogP contribution is 2.57. The van der Waals surface area contributed by atoms with Crippen LogP contribution in [0, 0.1) is 23.7 Å². The largest absolute Gasteiger partial charge is 0.377 e. The molecule has 0 radical (unpaired) electrons. The second-order valence-corrected chi connectivity index (χ2v) is 5.29. The van der Waals surface area contributed by atoms with Crippen molar-refractivity contribution in [3.05, 3.63) is 35.9 Å². The van der Waals surface area contributed by atoms with Gasteiger partial charge in [0.25, 0.3) is 0 Å². The molecule has 0 aliphatic heterocycles. The molecule has 0 bridgehead atoms. The molecule has 2 aliphatic rings. The van der Waals surface area contributed by atoms with E-state index in [4.69, 9.17) is 0 Å². The van der Waals surface area contributed by atoms with E-state index < -0.39 is 5.60 Å². The topological polar surface area (TPSA) is 20.2 Å². The summed E-state index contributed by atoms with van der Waals surface area (Å²) < 4.78 is 0. The molecule has 0 aromatic heterocycles. The Balaban J connectivity index is 1.76. The van der Waals surface area contributed by atoms with Gasteiger partial charge in [-0.2, -0.15) is 0 Å². The normalized spacial score (nSPS) is 35.1. The van der Waals surface area contributed by atoms with Crippen molar-refractivity contribution in [2.45, 2.75) is 37.7 Å². The van der Waals surface area contributed by atoms with E-state index in [2.05, 4.69) is 11.8 Å². The number of benzene rings is 1. The third-order valence-corrected chi connectivity index (χ3v) is 4.22. The fourth-order valence-corrected chi connectivity index (χ4v) is 3.15. The van der Waals surface area contributed by atoms with Crippen LogP contribution in [0.15, 0.2) is 30.3 Å². The zero-order chi connectivity index (χ0) is 11.7. The van der Waals surface area contributed by atoms with Gasteiger partial charge >= 0.3 is 0 Å². The van der Waals surface area contributed by atoms with Crippen LogP contribution in [0.4, 0.5) is 0 Å². The van der Waals surface area contributed by atoms with Gasteiger partial charge in [-0.15, -0.1) is 0 Å². The van der Waals surface area contributed by atoms with Crippen molar-refractivity contribution in [3.63, 3.8) is 0 Å². The molecular weight excluding hydrogens is 208 g/mol. The van der Waals surface area contributed by atoms with Gasteiger partial charge in [-0.25, -0.2) is 0 Å². The fourth-order valence-electron chi connectivity index (χ4n) is 3.15. The molecule has 1 nitrogen and oxygen atoms in total. The van der Waals surface area contributed by atoms with E-state index in [-0.39, 0.29) is 0 Å². The lowest BCUT2D eigenvalue weighted by molar-refractivity contribution is 0.172. The summed E-state index contributed by atoms with van der Waals surface area (Å²) in [5.74, 6) is 7.14. The van der Waals surface area contributed by atoms with Gasteiger partial charge in [-0.1, -0.05) is 49.3 Å². The first-order valence-electron chi connectivity index (χ1n) is 6.61. The minimum absolute atomic E-state index is 0.446. The van der Waals surface area contributed by atoms with Gasteiger partial charge in [0.2, 0.25) is 0 Å². The molecule has 3 atom stereocenters. The lowest BCUT2D eigenvalue weighted by Crippen LogP contribution is -2.10. The van der Waals surface area contributed by atoms with Crippen LogP contribution < -0.4 is 0 Å². The Kier molecular flexibility index (Phi) is 2.68. The molecular formula is C16H18O. The maximum Gasteiger partial charge on any atom is 0.132 e. The zero-order valence-electron chi connectivity index (χ0n) is 10.0. The molecule has 3 rings (SSSR count). The highest BCUT2D eigenvalue weighted by Gasteiger charge is 2.62. The molecule has 1 heteroatoms. The molecule has 17 heavy (non-hydrogen) atoms.